The molecule has 19 heteroatoms. The molecule has 0 unspecified atom stereocenters. The number of carbonyl (C=O) groups is 5. The quantitative estimate of drug-likeness (QED) is 0.0952. The van der Waals surface area contributed by atoms with E-state index in [1.165, 1.54) is 11.9 Å². The van der Waals surface area contributed by atoms with Gasteiger partial charge in [-0.25, -0.2) is 15.0 Å². The molecular weight excluding hydrogens is 833 g/mol. The number of hydrogen-bond acceptors (Lipinski definition) is 13. The molecule has 0 radical (unpaired) electrons. The fraction of sp³-hybridized carbons (Fsp3) is 0.600. The Labute approximate surface area is 358 Å². The van der Waals surface area contributed by atoms with Crippen molar-refractivity contribution in [1.29, 1.82) is 0 Å². The Hall–Kier alpha value is -3.77. The zero-order valence-electron chi connectivity index (χ0n) is 33.7. The molecule has 324 valence electrons. The summed E-state index contributed by atoms with van der Waals surface area (Å²) in [5, 5.41) is 7.61. The van der Waals surface area contributed by atoms with E-state index >= 15 is 0 Å². The summed E-state index contributed by atoms with van der Waals surface area (Å²) in [5.74, 6) is -2.94. The van der Waals surface area contributed by atoms with Gasteiger partial charge in [0, 0.05) is 11.9 Å². The third kappa shape index (κ3) is 13.4. The van der Waals surface area contributed by atoms with Crippen molar-refractivity contribution < 1.29 is 52.7 Å². The number of aromatic nitrogens is 1. The summed E-state index contributed by atoms with van der Waals surface area (Å²) in [4.78, 5) is 81.7. The summed E-state index contributed by atoms with van der Waals surface area (Å²) >= 11 is 17.1. The fourth-order valence-electron chi connectivity index (χ4n) is 6.87. The highest BCUT2D eigenvalue weighted by molar-refractivity contribution is 6.67. The molecule has 4 atom stereocenters. The number of pyridine rings is 1. The van der Waals surface area contributed by atoms with Gasteiger partial charge < -0.3 is 29.6 Å². The van der Waals surface area contributed by atoms with Crippen molar-refractivity contribution in [3.8, 4) is 0 Å². The summed E-state index contributed by atoms with van der Waals surface area (Å²) in [6.07, 6.45) is 5.44. The monoisotopic (exact) mass is 883 g/mol. The average Bonchev–Trinajstić information content (AvgIpc) is 3.72. The molecule has 59 heavy (non-hydrogen) atoms. The Kier molecular flexibility index (Phi) is 15.8. The van der Waals surface area contributed by atoms with Crippen molar-refractivity contribution in [1.82, 2.24) is 26.1 Å². The molecule has 1 aliphatic carbocycles. The first-order chi connectivity index (χ1) is 27.8. The van der Waals surface area contributed by atoms with E-state index in [-0.39, 0.29) is 32.5 Å². The SMILES string of the molecule is C[C@H](NC(=O)[C@@H](OOC(=O)C1(/C=C/c2ccc3ccc([C@@H](C)NC(=O)OC(C)(C)C)nc3c2)COCOC1)C1CCCC1)C(=O)N1CCC[C@@H](C(=O)OCC(Cl)(Cl)Cl)N1. The number of nitrogens with zero attached hydrogens (tertiary/aromatic N) is 2. The number of nitrogens with one attached hydrogen (secondary N) is 3. The average molecular weight is 885 g/mol. The van der Waals surface area contributed by atoms with Crippen LogP contribution >= 0.6 is 34.8 Å². The lowest BCUT2D eigenvalue weighted by molar-refractivity contribution is -0.310. The fourth-order valence-corrected chi connectivity index (χ4v) is 7.04. The number of benzene rings is 1. The van der Waals surface area contributed by atoms with Gasteiger partial charge in [-0.15, -0.1) is 0 Å². The van der Waals surface area contributed by atoms with E-state index in [2.05, 4.69) is 16.1 Å². The number of halogens is 3. The topological polar surface area (TPSA) is 193 Å². The maximum Gasteiger partial charge on any atom is 0.408 e. The Morgan fingerprint density at radius 3 is 2.37 bits per heavy atom. The summed E-state index contributed by atoms with van der Waals surface area (Å²) < 4.78 is 19.8. The Morgan fingerprint density at radius 2 is 1.69 bits per heavy atom. The molecule has 2 saturated heterocycles. The van der Waals surface area contributed by atoms with E-state index < -0.39 is 75.5 Å². The molecule has 1 aromatic heterocycles. The third-order valence-electron chi connectivity index (χ3n) is 9.96. The van der Waals surface area contributed by atoms with Gasteiger partial charge in [-0.1, -0.05) is 78.0 Å². The summed E-state index contributed by atoms with van der Waals surface area (Å²) in [6.45, 7) is 8.31. The smallest absolute Gasteiger partial charge is 0.408 e. The lowest BCUT2D eigenvalue weighted by atomic mass is 9.88. The molecule has 3 N–H and O–H groups in total. The first-order valence-electron chi connectivity index (χ1n) is 19.6. The van der Waals surface area contributed by atoms with Crippen LogP contribution in [-0.2, 0) is 47.9 Å². The molecule has 0 bridgehead atoms. The maximum absolute atomic E-state index is 13.8. The Bertz CT molecular complexity index is 1860. The van der Waals surface area contributed by atoms with Crippen LogP contribution in [0.3, 0.4) is 0 Å². The Morgan fingerprint density at radius 1 is 1.00 bits per heavy atom. The van der Waals surface area contributed by atoms with Gasteiger partial charge in [-0.3, -0.25) is 29.3 Å². The highest BCUT2D eigenvalue weighted by Gasteiger charge is 2.44. The Balaban J connectivity index is 1.23. The second kappa shape index (κ2) is 20.2. The van der Waals surface area contributed by atoms with Crippen LogP contribution in [0.15, 0.2) is 36.4 Å². The van der Waals surface area contributed by atoms with Crippen molar-refractivity contribution in [2.24, 2.45) is 11.3 Å². The second-order valence-corrected chi connectivity index (χ2v) is 18.6. The lowest BCUT2D eigenvalue weighted by Gasteiger charge is -2.35. The minimum absolute atomic E-state index is 0.0241. The molecule has 16 nitrogen and oxygen atoms in total. The van der Waals surface area contributed by atoms with Crippen LogP contribution in [0.25, 0.3) is 17.0 Å². The van der Waals surface area contributed by atoms with E-state index in [1.54, 1.807) is 32.9 Å². The van der Waals surface area contributed by atoms with Crippen LogP contribution in [0.2, 0.25) is 0 Å². The number of hydrazine groups is 1. The van der Waals surface area contributed by atoms with Gasteiger partial charge in [0.2, 0.25) is 3.79 Å². The zero-order valence-corrected chi connectivity index (χ0v) is 36.0. The molecule has 0 spiro atoms. The van der Waals surface area contributed by atoms with Crippen molar-refractivity contribution in [2.75, 3.05) is 33.2 Å². The molecule has 3 amide bonds. The molecule has 3 heterocycles. The van der Waals surface area contributed by atoms with Crippen molar-refractivity contribution >= 4 is 81.6 Å². The minimum atomic E-state index is -1.78. The number of alkyl halides is 3. The number of fused-ring (bicyclic) bond motifs is 1. The number of amides is 3. The van der Waals surface area contributed by atoms with Crippen LogP contribution in [0, 0.1) is 11.3 Å². The first kappa shape index (κ1) is 46.3. The number of rotatable bonds is 13. The molecule has 5 rings (SSSR count). The zero-order chi connectivity index (χ0) is 43.0. The predicted octanol–water partition coefficient (Wildman–Crippen LogP) is 5.77. The highest BCUT2D eigenvalue weighted by Crippen LogP contribution is 2.32. The molecule has 3 fully saturated rings. The van der Waals surface area contributed by atoms with Gasteiger partial charge in [-0.2, -0.15) is 4.89 Å². The van der Waals surface area contributed by atoms with Crippen LogP contribution in [0.1, 0.15) is 90.4 Å². The van der Waals surface area contributed by atoms with Gasteiger partial charge in [0.25, 0.3) is 11.8 Å². The minimum Gasteiger partial charge on any atom is -0.460 e. The van der Waals surface area contributed by atoms with E-state index in [9.17, 15) is 24.0 Å². The second-order valence-electron chi connectivity index (χ2n) is 16.1. The number of esters is 1. The van der Waals surface area contributed by atoms with Crippen LogP contribution < -0.4 is 16.1 Å². The van der Waals surface area contributed by atoms with Gasteiger partial charge in [0.05, 0.1) is 30.5 Å². The van der Waals surface area contributed by atoms with Crippen molar-refractivity contribution in [3.05, 3.63) is 47.7 Å². The summed E-state index contributed by atoms with van der Waals surface area (Å²) in [7, 11) is 0. The van der Waals surface area contributed by atoms with E-state index in [0.717, 1.165) is 18.2 Å². The third-order valence-corrected chi connectivity index (χ3v) is 10.3. The van der Waals surface area contributed by atoms with Crippen molar-refractivity contribution in [3.63, 3.8) is 0 Å². The predicted molar refractivity (Wildman–Crippen MR) is 217 cm³/mol. The normalized spacial score (nSPS) is 20.4. The first-order valence-corrected chi connectivity index (χ1v) is 20.7. The van der Waals surface area contributed by atoms with Gasteiger partial charge in [0.1, 0.15) is 36.5 Å². The summed E-state index contributed by atoms with van der Waals surface area (Å²) in [5.41, 5.74) is 2.77. The number of carbonyl (C=O) groups excluding carboxylic acids is 5. The molecule has 1 aromatic carbocycles. The largest absolute Gasteiger partial charge is 0.460 e. The molecular formula is C40H52Cl3N5O11. The number of alkyl carbamates (subject to hydrolysis) is 1. The van der Waals surface area contributed by atoms with Crippen molar-refractivity contribution in [2.45, 2.75) is 107 Å². The number of ether oxygens (including phenoxy) is 4. The molecule has 1 saturated carbocycles. The standard InChI is InChI=1S/C40H52Cl3N5O11/c1-24(45-37(53)57-38(3,4)5)29-15-14-27-13-12-26(19-31(27)46-29)16-17-39(20-54-23-55-21-39)36(52)59-58-32(28-9-6-7-10-28)33(49)44-25(2)34(50)48-18-8-11-30(47-48)35(51)56-22-40(41,42)43/h12-17,19,24-25,28,30,32,47H,6-11,18,20-23H2,1-5H3,(H,44,49)(H,45,53)/b17-16+/t24-,25+,30+,32+/m1/s1. The van der Waals surface area contributed by atoms with E-state index in [4.69, 9.17) is 68.5 Å². The van der Waals surface area contributed by atoms with Crippen LogP contribution in [0.4, 0.5) is 4.79 Å². The number of hydrogen-bond donors (Lipinski definition) is 3. The highest BCUT2D eigenvalue weighted by atomic mass is 35.6. The molecule has 3 aliphatic rings. The van der Waals surface area contributed by atoms with Crippen LogP contribution in [-0.4, -0.2) is 101 Å². The van der Waals surface area contributed by atoms with E-state index in [0.29, 0.717) is 42.5 Å². The lowest BCUT2D eigenvalue weighted by Crippen LogP contribution is -2.60. The summed E-state index contributed by atoms with van der Waals surface area (Å²) in [6, 6.07) is 7.00. The van der Waals surface area contributed by atoms with Crippen LogP contribution in [0.5, 0.6) is 0 Å². The van der Waals surface area contributed by atoms with Gasteiger partial charge in [0.15, 0.2) is 6.10 Å². The molecule has 2 aromatic rings. The van der Waals surface area contributed by atoms with E-state index in [1.807, 2.05) is 37.3 Å². The molecule has 2 aliphatic heterocycles. The maximum atomic E-state index is 13.8. The van der Waals surface area contributed by atoms with Gasteiger partial charge >= 0.3 is 18.0 Å². The van der Waals surface area contributed by atoms with Gasteiger partial charge in [-0.05, 0) is 83.9 Å².